The number of nitrogens with zero attached hydrogens (tertiary/aromatic N) is 1. The fraction of sp³-hybridized carbons (Fsp3) is 0.286. The largest absolute Gasteiger partial charge is 0.324 e. The predicted octanol–water partition coefficient (Wildman–Crippen LogP) is 1.86. The lowest BCUT2D eigenvalue weighted by molar-refractivity contribution is 0.810. The molecule has 1 atom stereocenters. The number of hydrogen-bond acceptors (Lipinski definition) is 2. The van der Waals surface area contributed by atoms with Gasteiger partial charge in [-0.25, -0.2) is 0 Å². The Labute approximate surface area is 68.6 Å². The Hall–Kier alpha value is -0.410. The fourth-order valence-electron chi connectivity index (χ4n) is 0.755. The van der Waals surface area contributed by atoms with Gasteiger partial charge in [0.25, 0.3) is 0 Å². The summed E-state index contributed by atoms with van der Waals surface area (Å²) >= 11 is 3.35. The molecule has 0 aliphatic heterocycles. The van der Waals surface area contributed by atoms with Crippen LogP contribution in [-0.2, 0) is 0 Å². The van der Waals surface area contributed by atoms with Gasteiger partial charge in [0.05, 0.1) is 0 Å². The number of nitrogens with two attached hydrogens (primary N) is 1. The van der Waals surface area contributed by atoms with Crippen LogP contribution in [0.25, 0.3) is 0 Å². The van der Waals surface area contributed by atoms with Gasteiger partial charge in [0.1, 0.15) is 0 Å². The average molecular weight is 201 g/mol. The predicted molar refractivity (Wildman–Crippen MR) is 44.5 cm³/mol. The molecule has 0 saturated carbocycles. The number of aromatic nitrogens is 1. The third-order valence-corrected chi connectivity index (χ3v) is 1.96. The zero-order valence-corrected chi connectivity index (χ0v) is 7.30. The summed E-state index contributed by atoms with van der Waals surface area (Å²) in [4.78, 5) is 3.92. The van der Waals surface area contributed by atoms with E-state index in [4.69, 9.17) is 5.73 Å². The second-order valence-electron chi connectivity index (χ2n) is 2.19. The van der Waals surface area contributed by atoms with E-state index >= 15 is 0 Å². The highest BCUT2D eigenvalue weighted by Crippen LogP contribution is 2.19. The Morgan fingerprint density at radius 3 is 2.80 bits per heavy atom. The lowest BCUT2D eigenvalue weighted by atomic mass is 10.1. The van der Waals surface area contributed by atoms with Gasteiger partial charge in [0, 0.05) is 22.9 Å². The number of pyridine rings is 1. The summed E-state index contributed by atoms with van der Waals surface area (Å²) in [6.07, 6.45) is 3.49. The number of hydrogen-bond donors (Lipinski definition) is 1. The third kappa shape index (κ3) is 1.55. The first-order valence-electron chi connectivity index (χ1n) is 3.07. The van der Waals surface area contributed by atoms with Crippen molar-refractivity contribution < 1.29 is 0 Å². The van der Waals surface area contributed by atoms with E-state index in [-0.39, 0.29) is 6.04 Å². The zero-order chi connectivity index (χ0) is 7.56. The second kappa shape index (κ2) is 3.12. The molecule has 0 spiro atoms. The summed E-state index contributed by atoms with van der Waals surface area (Å²) in [5.41, 5.74) is 6.75. The van der Waals surface area contributed by atoms with Gasteiger partial charge < -0.3 is 5.73 Å². The van der Waals surface area contributed by atoms with E-state index in [1.54, 1.807) is 12.4 Å². The van der Waals surface area contributed by atoms with Crippen molar-refractivity contribution in [3.8, 4) is 0 Å². The van der Waals surface area contributed by atoms with E-state index in [0.29, 0.717) is 0 Å². The highest BCUT2D eigenvalue weighted by molar-refractivity contribution is 9.10. The molecule has 0 aromatic carbocycles. The van der Waals surface area contributed by atoms with Gasteiger partial charge in [0.2, 0.25) is 0 Å². The van der Waals surface area contributed by atoms with Gasteiger partial charge in [-0.3, -0.25) is 4.98 Å². The summed E-state index contributed by atoms with van der Waals surface area (Å²) in [6, 6.07) is 1.98. The molecule has 0 bridgehead atoms. The highest BCUT2D eigenvalue weighted by atomic mass is 79.9. The molecule has 0 aliphatic rings. The molecule has 1 aromatic rings. The van der Waals surface area contributed by atoms with Crippen LogP contribution in [0.1, 0.15) is 18.5 Å². The van der Waals surface area contributed by atoms with Crippen molar-refractivity contribution in [1.29, 1.82) is 0 Å². The van der Waals surface area contributed by atoms with Gasteiger partial charge in [-0.15, -0.1) is 0 Å². The molecule has 54 valence electrons. The minimum atomic E-state index is 0.0670. The molecule has 0 saturated heterocycles. The third-order valence-electron chi connectivity index (χ3n) is 1.29. The SMILES string of the molecule is CC(N)c1ccncc1Br. The molecule has 10 heavy (non-hydrogen) atoms. The molecule has 1 heterocycles. The molecule has 0 radical (unpaired) electrons. The summed E-state index contributed by atoms with van der Waals surface area (Å²) in [5.74, 6) is 0. The maximum absolute atomic E-state index is 5.66. The Morgan fingerprint density at radius 2 is 2.40 bits per heavy atom. The van der Waals surface area contributed by atoms with E-state index in [2.05, 4.69) is 20.9 Å². The average Bonchev–Trinajstić information content (AvgIpc) is 1.88. The Morgan fingerprint density at radius 1 is 1.70 bits per heavy atom. The molecular formula is C7H9BrN2. The molecule has 3 heteroatoms. The van der Waals surface area contributed by atoms with Crippen LogP contribution in [0.5, 0.6) is 0 Å². The molecule has 2 N–H and O–H groups in total. The number of rotatable bonds is 1. The minimum Gasteiger partial charge on any atom is -0.324 e. The maximum atomic E-state index is 5.66. The lowest BCUT2D eigenvalue weighted by Gasteiger charge is -2.05. The van der Waals surface area contributed by atoms with E-state index in [1.165, 1.54) is 0 Å². The molecule has 0 amide bonds. The van der Waals surface area contributed by atoms with E-state index < -0.39 is 0 Å². The topological polar surface area (TPSA) is 38.9 Å². The van der Waals surface area contributed by atoms with Crippen LogP contribution in [0.15, 0.2) is 22.9 Å². The van der Waals surface area contributed by atoms with E-state index in [1.807, 2.05) is 13.0 Å². The van der Waals surface area contributed by atoms with Crippen LogP contribution in [-0.4, -0.2) is 4.98 Å². The number of halogens is 1. The molecule has 0 fully saturated rings. The van der Waals surface area contributed by atoms with Crippen molar-refractivity contribution in [3.05, 3.63) is 28.5 Å². The Balaban J connectivity index is 3.03. The molecular weight excluding hydrogens is 192 g/mol. The summed E-state index contributed by atoms with van der Waals surface area (Å²) in [7, 11) is 0. The van der Waals surface area contributed by atoms with Gasteiger partial charge in [0.15, 0.2) is 0 Å². The molecule has 1 aromatic heterocycles. The first kappa shape index (κ1) is 7.69. The molecule has 1 unspecified atom stereocenters. The second-order valence-corrected chi connectivity index (χ2v) is 3.04. The highest BCUT2D eigenvalue weighted by Gasteiger charge is 2.01. The van der Waals surface area contributed by atoms with Crippen molar-refractivity contribution in [2.45, 2.75) is 13.0 Å². The normalized spacial score (nSPS) is 13.1. The van der Waals surface area contributed by atoms with Crippen molar-refractivity contribution in [1.82, 2.24) is 4.98 Å². The quantitative estimate of drug-likeness (QED) is 0.753. The first-order chi connectivity index (χ1) is 4.72. The Kier molecular flexibility index (Phi) is 2.40. The van der Waals surface area contributed by atoms with Crippen molar-refractivity contribution >= 4 is 15.9 Å². The molecule has 1 rings (SSSR count). The van der Waals surface area contributed by atoms with Gasteiger partial charge in [-0.2, -0.15) is 0 Å². The van der Waals surface area contributed by atoms with Gasteiger partial charge in [-0.1, -0.05) is 0 Å². The summed E-state index contributed by atoms with van der Waals surface area (Å²) in [6.45, 7) is 1.94. The van der Waals surface area contributed by atoms with Crippen LogP contribution < -0.4 is 5.73 Å². The first-order valence-corrected chi connectivity index (χ1v) is 3.86. The van der Waals surface area contributed by atoms with Crippen LogP contribution in [0.3, 0.4) is 0 Å². The van der Waals surface area contributed by atoms with Gasteiger partial charge >= 0.3 is 0 Å². The van der Waals surface area contributed by atoms with Crippen LogP contribution in [0, 0.1) is 0 Å². The van der Waals surface area contributed by atoms with Gasteiger partial charge in [-0.05, 0) is 34.5 Å². The minimum absolute atomic E-state index is 0.0670. The maximum Gasteiger partial charge on any atom is 0.0413 e. The lowest BCUT2D eigenvalue weighted by Crippen LogP contribution is -2.05. The van der Waals surface area contributed by atoms with Crippen LogP contribution in [0.2, 0.25) is 0 Å². The van der Waals surface area contributed by atoms with E-state index in [0.717, 1.165) is 10.0 Å². The molecule has 2 nitrogen and oxygen atoms in total. The summed E-state index contributed by atoms with van der Waals surface area (Å²) < 4.78 is 0.977. The fourth-order valence-corrected chi connectivity index (χ4v) is 1.37. The smallest absolute Gasteiger partial charge is 0.0413 e. The van der Waals surface area contributed by atoms with Crippen molar-refractivity contribution in [2.24, 2.45) is 5.73 Å². The molecule has 0 aliphatic carbocycles. The standard InChI is InChI=1S/C7H9BrN2/c1-5(9)6-2-3-10-4-7(6)8/h2-5H,9H2,1H3. The van der Waals surface area contributed by atoms with Crippen LogP contribution in [0.4, 0.5) is 0 Å². The zero-order valence-electron chi connectivity index (χ0n) is 5.71. The Bertz CT molecular complexity index is 223. The van der Waals surface area contributed by atoms with E-state index in [9.17, 15) is 0 Å². The van der Waals surface area contributed by atoms with Crippen molar-refractivity contribution in [3.63, 3.8) is 0 Å². The summed E-state index contributed by atoms with van der Waals surface area (Å²) in [5, 5.41) is 0. The van der Waals surface area contributed by atoms with Crippen LogP contribution >= 0.6 is 15.9 Å². The monoisotopic (exact) mass is 200 g/mol. The van der Waals surface area contributed by atoms with Crippen molar-refractivity contribution in [2.75, 3.05) is 0 Å².